The summed E-state index contributed by atoms with van der Waals surface area (Å²) in [6, 6.07) is 0. The minimum atomic E-state index is 0.214. The molecule has 0 aliphatic heterocycles. The third-order valence-corrected chi connectivity index (χ3v) is 4.92. The van der Waals surface area contributed by atoms with E-state index in [1.165, 1.54) is 25.7 Å². The van der Waals surface area contributed by atoms with Crippen LogP contribution in [0.5, 0.6) is 0 Å². The molecule has 0 saturated carbocycles. The van der Waals surface area contributed by atoms with Crippen molar-refractivity contribution in [2.24, 2.45) is 32.5 Å². The first-order valence-electron chi connectivity index (χ1n) is 11.1. The van der Waals surface area contributed by atoms with Crippen LogP contribution in [0.4, 0.5) is 0 Å². The molecule has 0 atom stereocenters. The number of ether oxygens (including phenoxy) is 1. The Balaban J connectivity index is 4.66. The molecule has 27 heavy (non-hydrogen) atoms. The molecule has 0 amide bonds. The number of hydrogen-bond acceptors (Lipinski definition) is 1. The molecule has 0 rings (SSSR count). The Morgan fingerprint density at radius 3 is 0.852 bits per heavy atom. The van der Waals surface area contributed by atoms with E-state index in [2.05, 4.69) is 96.9 Å². The standard InChI is InChI=1S/C26H54O/c1-21(2,3)15-23(7,8)17-25(11,12)19-27-20-26(13,14)18-24(9,10)16-22(4,5)6/h15-20H2,1-14H3. The van der Waals surface area contributed by atoms with Crippen LogP contribution in [-0.2, 0) is 4.74 Å². The van der Waals surface area contributed by atoms with Crippen molar-refractivity contribution < 1.29 is 4.74 Å². The summed E-state index contributed by atoms with van der Waals surface area (Å²) in [6.45, 7) is 34.9. The lowest BCUT2D eigenvalue weighted by atomic mass is 9.68. The fourth-order valence-electron chi connectivity index (χ4n) is 6.29. The predicted octanol–water partition coefficient (Wildman–Crippen LogP) is 8.76. The minimum absolute atomic E-state index is 0.214. The predicted molar refractivity (Wildman–Crippen MR) is 123 cm³/mol. The van der Waals surface area contributed by atoms with Gasteiger partial charge in [0.1, 0.15) is 0 Å². The van der Waals surface area contributed by atoms with Gasteiger partial charge in [0.2, 0.25) is 0 Å². The first-order valence-corrected chi connectivity index (χ1v) is 11.1. The molecule has 0 saturated heterocycles. The second kappa shape index (κ2) is 8.76. The van der Waals surface area contributed by atoms with E-state index in [1.807, 2.05) is 0 Å². The quantitative estimate of drug-likeness (QED) is 0.367. The highest BCUT2D eigenvalue weighted by Gasteiger charge is 2.35. The third kappa shape index (κ3) is 14.6. The first kappa shape index (κ1) is 27.0. The molecule has 0 bridgehead atoms. The van der Waals surface area contributed by atoms with E-state index >= 15 is 0 Å². The van der Waals surface area contributed by atoms with Crippen LogP contribution < -0.4 is 0 Å². The van der Waals surface area contributed by atoms with Gasteiger partial charge in [0, 0.05) is 0 Å². The van der Waals surface area contributed by atoms with Gasteiger partial charge < -0.3 is 4.74 Å². The molecular formula is C26H54O. The second-order valence-corrected chi connectivity index (χ2v) is 15.0. The monoisotopic (exact) mass is 382 g/mol. The zero-order valence-corrected chi connectivity index (χ0v) is 21.7. The molecule has 0 radical (unpaired) electrons. The molecule has 1 nitrogen and oxygen atoms in total. The van der Waals surface area contributed by atoms with Gasteiger partial charge in [0.25, 0.3) is 0 Å². The highest BCUT2D eigenvalue weighted by molar-refractivity contribution is 4.85. The van der Waals surface area contributed by atoms with E-state index < -0.39 is 0 Å². The average Bonchev–Trinajstić information content (AvgIpc) is 2.15. The lowest BCUT2D eigenvalue weighted by molar-refractivity contribution is -0.0193. The van der Waals surface area contributed by atoms with Gasteiger partial charge in [-0.05, 0) is 58.2 Å². The molecule has 164 valence electrons. The van der Waals surface area contributed by atoms with Crippen molar-refractivity contribution in [3.63, 3.8) is 0 Å². The summed E-state index contributed by atoms with van der Waals surface area (Å²) in [6.07, 6.45) is 4.90. The maximum Gasteiger partial charge on any atom is 0.0517 e. The van der Waals surface area contributed by atoms with Crippen molar-refractivity contribution in [1.82, 2.24) is 0 Å². The van der Waals surface area contributed by atoms with Crippen molar-refractivity contribution in [3.8, 4) is 0 Å². The van der Waals surface area contributed by atoms with Gasteiger partial charge in [-0.2, -0.15) is 0 Å². The van der Waals surface area contributed by atoms with Crippen LogP contribution in [-0.4, -0.2) is 13.2 Å². The maximum atomic E-state index is 6.32. The molecule has 0 unspecified atom stereocenters. The minimum Gasteiger partial charge on any atom is -0.380 e. The van der Waals surface area contributed by atoms with Gasteiger partial charge >= 0.3 is 0 Å². The van der Waals surface area contributed by atoms with E-state index in [9.17, 15) is 0 Å². The van der Waals surface area contributed by atoms with Crippen LogP contribution >= 0.6 is 0 Å². The number of hydrogen-bond donors (Lipinski definition) is 0. The van der Waals surface area contributed by atoms with E-state index in [0.29, 0.717) is 21.7 Å². The summed E-state index contributed by atoms with van der Waals surface area (Å²) >= 11 is 0. The Morgan fingerprint density at radius 2 is 0.630 bits per heavy atom. The fraction of sp³-hybridized carbons (Fsp3) is 1.00. The Morgan fingerprint density at radius 1 is 0.370 bits per heavy atom. The molecule has 0 aliphatic rings. The maximum absolute atomic E-state index is 6.32. The van der Waals surface area contributed by atoms with Gasteiger partial charge in [0.05, 0.1) is 13.2 Å². The van der Waals surface area contributed by atoms with E-state index in [1.54, 1.807) is 0 Å². The summed E-state index contributed by atoms with van der Waals surface area (Å²) < 4.78 is 6.32. The lowest BCUT2D eigenvalue weighted by Gasteiger charge is -2.40. The van der Waals surface area contributed by atoms with E-state index in [0.717, 1.165) is 13.2 Å². The summed E-state index contributed by atoms with van der Waals surface area (Å²) in [5.41, 5.74) is 1.87. The van der Waals surface area contributed by atoms with Gasteiger partial charge in [-0.25, -0.2) is 0 Å². The molecule has 0 aromatic carbocycles. The van der Waals surface area contributed by atoms with Gasteiger partial charge in [0.15, 0.2) is 0 Å². The lowest BCUT2D eigenvalue weighted by Crippen LogP contribution is -2.33. The molecule has 1 heteroatoms. The number of rotatable bonds is 10. The average molecular weight is 383 g/mol. The van der Waals surface area contributed by atoms with Crippen LogP contribution in [0.1, 0.15) is 123 Å². The van der Waals surface area contributed by atoms with Crippen molar-refractivity contribution >= 4 is 0 Å². The Hall–Kier alpha value is -0.0400. The smallest absolute Gasteiger partial charge is 0.0517 e. The van der Waals surface area contributed by atoms with Crippen LogP contribution in [0.3, 0.4) is 0 Å². The molecule has 0 spiro atoms. The summed E-state index contributed by atoms with van der Waals surface area (Å²) in [4.78, 5) is 0. The van der Waals surface area contributed by atoms with Gasteiger partial charge in [-0.15, -0.1) is 0 Å². The van der Waals surface area contributed by atoms with Crippen LogP contribution in [0, 0.1) is 32.5 Å². The highest BCUT2D eigenvalue weighted by atomic mass is 16.5. The van der Waals surface area contributed by atoms with Gasteiger partial charge in [-0.3, -0.25) is 0 Å². The molecule has 0 fully saturated rings. The van der Waals surface area contributed by atoms with Crippen molar-refractivity contribution in [3.05, 3.63) is 0 Å². The SMILES string of the molecule is CC(C)(C)CC(C)(C)CC(C)(C)COCC(C)(C)CC(C)(C)CC(C)(C)C. The molecule has 0 aromatic rings. The van der Waals surface area contributed by atoms with Crippen molar-refractivity contribution in [2.75, 3.05) is 13.2 Å². The normalized spacial score (nSPS) is 15.3. The largest absolute Gasteiger partial charge is 0.380 e. The Bertz CT molecular complexity index is 396. The Kier molecular flexibility index (Phi) is 8.75. The summed E-state index contributed by atoms with van der Waals surface area (Å²) in [5.74, 6) is 0. The topological polar surface area (TPSA) is 9.23 Å². The molecule has 0 heterocycles. The van der Waals surface area contributed by atoms with E-state index in [-0.39, 0.29) is 10.8 Å². The van der Waals surface area contributed by atoms with Crippen LogP contribution in [0.25, 0.3) is 0 Å². The highest BCUT2D eigenvalue weighted by Crippen LogP contribution is 2.43. The molecule has 0 aliphatic carbocycles. The zero-order chi connectivity index (χ0) is 21.9. The first-order chi connectivity index (χ1) is 11.5. The summed E-state index contributed by atoms with van der Waals surface area (Å²) in [7, 11) is 0. The van der Waals surface area contributed by atoms with Gasteiger partial charge in [-0.1, -0.05) is 96.9 Å². The zero-order valence-electron chi connectivity index (χ0n) is 21.7. The van der Waals surface area contributed by atoms with E-state index in [4.69, 9.17) is 4.74 Å². The van der Waals surface area contributed by atoms with Crippen LogP contribution in [0.2, 0.25) is 0 Å². The van der Waals surface area contributed by atoms with Crippen molar-refractivity contribution in [1.29, 1.82) is 0 Å². The molecule has 0 aromatic heterocycles. The fourth-order valence-corrected chi connectivity index (χ4v) is 6.29. The molecule has 0 N–H and O–H groups in total. The summed E-state index contributed by atoms with van der Waals surface area (Å²) in [5, 5.41) is 0. The van der Waals surface area contributed by atoms with Crippen LogP contribution in [0.15, 0.2) is 0 Å². The third-order valence-electron chi connectivity index (χ3n) is 4.92. The Labute approximate surface area is 173 Å². The molecular weight excluding hydrogens is 328 g/mol. The van der Waals surface area contributed by atoms with Crippen molar-refractivity contribution in [2.45, 2.75) is 123 Å². The second-order valence-electron chi connectivity index (χ2n) is 15.0.